The molecule has 1 aromatic heterocycles. The van der Waals surface area contributed by atoms with Gasteiger partial charge in [0.15, 0.2) is 10.8 Å². The van der Waals surface area contributed by atoms with Gasteiger partial charge >= 0.3 is 5.97 Å². The van der Waals surface area contributed by atoms with Crippen LogP contribution in [0.5, 0.6) is 0 Å². The van der Waals surface area contributed by atoms with Crippen molar-refractivity contribution in [2.24, 2.45) is 0 Å². The van der Waals surface area contributed by atoms with Gasteiger partial charge in [0.25, 0.3) is 0 Å². The molecule has 1 N–H and O–H groups in total. The third-order valence-electron chi connectivity index (χ3n) is 2.91. The molecule has 15 heavy (non-hydrogen) atoms. The number of nitrogens with zero attached hydrogens (tertiary/aromatic N) is 2. The Morgan fingerprint density at radius 3 is 2.67 bits per heavy atom. The van der Waals surface area contributed by atoms with E-state index in [9.17, 15) is 4.79 Å². The summed E-state index contributed by atoms with van der Waals surface area (Å²) in [5, 5.41) is 9.72. The molecule has 4 nitrogen and oxygen atoms in total. The SMILES string of the molecule is Cc1sc(N(C)C2CCC2)nc1C(=O)O. The van der Waals surface area contributed by atoms with E-state index in [2.05, 4.69) is 9.88 Å². The molecule has 1 fully saturated rings. The highest BCUT2D eigenvalue weighted by Gasteiger charge is 2.25. The zero-order chi connectivity index (χ0) is 11.0. The first-order chi connectivity index (χ1) is 7.09. The van der Waals surface area contributed by atoms with Gasteiger partial charge in [0, 0.05) is 18.0 Å². The first-order valence-corrected chi connectivity index (χ1v) is 5.85. The number of carboxylic acid groups (broad SMARTS) is 1. The summed E-state index contributed by atoms with van der Waals surface area (Å²) in [6.45, 7) is 1.80. The number of rotatable bonds is 3. The summed E-state index contributed by atoms with van der Waals surface area (Å²) in [6, 6.07) is 0.553. The molecule has 1 aromatic rings. The average Bonchev–Trinajstić information content (AvgIpc) is 2.44. The molecule has 1 saturated carbocycles. The Morgan fingerprint density at radius 1 is 1.60 bits per heavy atom. The van der Waals surface area contributed by atoms with Crippen LogP contribution in [0.2, 0.25) is 0 Å². The fourth-order valence-electron chi connectivity index (χ4n) is 1.66. The second-order valence-corrected chi connectivity index (χ2v) is 5.08. The lowest BCUT2D eigenvalue weighted by Crippen LogP contribution is -2.37. The summed E-state index contributed by atoms with van der Waals surface area (Å²) in [5.41, 5.74) is 0.196. The van der Waals surface area contributed by atoms with Gasteiger partial charge in [-0.1, -0.05) is 0 Å². The summed E-state index contributed by atoms with van der Waals surface area (Å²) in [6.07, 6.45) is 3.65. The summed E-state index contributed by atoms with van der Waals surface area (Å²) in [7, 11) is 1.99. The van der Waals surface area contributed by atoms with Crippen molar-refractivity contribution in [3.63, 3.8) is 0 Å². The Labute approximate surface area is 92.6 Å². The van der Waals surface area contributed by atoms with Crippen LogP contribution in [0, 0.1) is 6.92 Å². The minimum Gasteiger partial charge on any atom is -0.476 e. The number of hydrogen-bond acceptors (Lipinski definition) is 4. The number of anilines is 1. The zero-order valence-electron chi connectivity index (χ0n) is 8.86. The van der Waals surface area contributed by atoms with Crippen molar-refractivity contribution in [2.45, 2.75) is 32.2 Å². The molecule has 1 heterocycles. The fourth-order valence-corrected chi connectivity index (χ4v) is 2.60. The van der Waals surface area contributed by atoms with E-state index in [1.165, 1.54) is 30.6 Å². The van der Waals surface area contributed by atoms with Crippen LogP contribution >= 0.6 is 11.3 Å². The van der Waals surface area contributed by atoms with Gasteiger partial charge in [-0.2, -0.15) is 0 Å². The minimum absolute atomic E-state index is 0.196. The van der Waals surface area contributed by atoms with Crippen LogP contribution in [-0.4, -0.2) is 29.1 Å². The second kappa shape index (κ2) is 3.81. The normalized spacial score (nSPS) is 16.1. The van der Waals surface area contributed by atoms with Gasteiger partial charge in [-0.3, -0.25) is 0 Å². The van der Waals surface area contributed by atoms with Gasteiger partial charge in [-0.05, 0) is 26.2 Å². The van der Waals surface area contributed by atoms with Crippen LogP contribution in [0.1, 0.15) is 34.6 Å². The molecule has 0 aliphatic heterocycles. The van der Waals surface area contributed by atoms with Crippen LogP contribution in [-0.2, 0) is 0 Å². The molecule has 0 aromatic carbocycles. The number of hydrogen-bond donors (Lipinski definition) is 1. The average molecular weight is 226 g/mol. The maximum absolute atomic E-state index is 10.8. The zero-order valence-corrected chi connectivity index (χ0v) is 9.67. The predicted molar refractivity (Wildman–Crippen MR) is 59.9 cm³/mol. The van der Waals surface area contributed by atoms with Crippen LogP contribution < -0.4 is 4.90 Å². The molecule has 0 unspecified atom stereocenters. The third kappa shape index (κ3) is 1.84. The van der Waals surface area contributed by atoms with E-state index in [0.717, 1.165) is 10.0 Å². The monoisotopic (exact) mass is 226 g/mol. The molecule has 0 amide bonds. The molecule has 2 rings (SSSR count). The lowest BCUT2D eigenvalue weighted by atomic mass is 9.92. The summed E-state index contributed by atoms with van der Waals surface area (Å²) >= 11 is 1.46. The molecule has 5 heteroatoms. The second-order valence-electron chi connectivity index (χ2n) is 3.90. The maximum Gasteiger partial charge on any atom is 0.355 e. The standard InChI is InChI=1S/C10H14N2O2S/c1-6-8(9(13)14)11-10(15-6)12(2)7-4-3-5-7/h7H,3-5H2,1-2H3,(H,13,14). The Morgan fingerprint density at radius 2 is 2.27 bits per heavy atom. The Balaban J connectivity index is 2.21. The Bertz CT molecular complexity index is 385. The molecular formula is C10H14N2O2S. The first-order valence-electron chi connectivity index (χ1n) is 5.03. The summed E-state index contributed by atoms with van der Waals surface area (Å²) in [4.78, 5) is 17.9. The molecule has 0 bridgehead atoms. The fraction of sp³-hybridized carbons (Fsp3) is 0.600. The predicted octanol–water partition coefficient (Wildman–Crippen LogP) is 2.14. The molecule has 82 valence electrons. The number of aryl methyl sites for hydroxylation is 1. The van der Waals surface area contributed by atoms with Gasteiger partial charge in [0.1, 0.15) is 0 Å². The van der Waals surface area contributed by atoms with Crippen molar-refractivity contribution in [2.75, 3.05) is 11.9 Å². The molecule has 0 saturated heterocycles. The topological polar surface area (TPSA) is 53.4 Å². The largest absolute Gasteiger partial charge is 0.476 e. The molecular weight excluding hydrogens is 212 g/mol. The third-order valence-corrected chi connectivity index (χ3v) is 3.97. The van der Waals surface area contributed by atoms with Crippen molar-refractivity contribution in [3.05, 3.63) is 10.6 Å². The van der Waals surface area contributed by atoms with E-state index in [4.69, 9.17) is 5.11 Å². The number of aromatic nitrogens is 1. The number of thiazole rings is 1. The molecule has 1 aliphatic carbocycles. The van der Waals surface area contributed by atoms with Crippen molar-refractivity contribution < 1.29 is 9.90 Å². The van der Waals surface area contributed by atoms with E-state index in [1.807, 2.05) is 7.05 Å². The van der Waals surface area contributed by atoms with Crippen LogP contribution in [0.4, 0.5) is 5.13 Å². The molecule has 1 aliphatic rings. The summed E-state index contributed by atoms with van der Waals surface area (Å²) in [5.74, 6) is -0.933. The van der Waals surface area contributed by atoms with Crippen molar-refractivity contribution in [3.8, 4) is 0 Å². The first kappa shape index (κ1) is 10.4. The van der Waals surface area contributed by atoms with Gasteiger partial charge in [-0.25, -0.2) is 9.78 Å². The highest BCUT2D eigenvalue weighted by molar-refractivity contribution is 7.15. The van der Waals surface area contributed by atoms with Crippen molar-refractivity contribution in [1.29, 1.82) is 0 Å². The maximum atomic E-state index is 10.8. The van der Waals surface area contributed by atoms with Crippen LogP contribution in [0.3, 0.4) is 0 Å². The Kier molecular flexibility index (Phi) is 2.65. The van der Waals surface area contributed by atoms with Crippen LogP contribution in [0.25, 0.3) is 0 Å². The molecule has 0 atom stereocenters. The lowest BCUT2D eigenvalue weighted by molar-refractivity contribution is 0.0690. The van der Waals surface area contributed by atoms with Crippen LogP contribution in [0.15, 0.2) is 0 Å². The highest BCUT2D eigenvalue weighted by Crippen LogP contribution is 2.32. The van der Waals surface area contributed by atoms with E-state index < -0.39 is 5.97 Å². The minimum atomic E-state index is -0.933. The Hall–Kier alpha value is -1.10. The van der Waals surface area contributed by atoms with Gasteiger partial charge in [0.05, 0.1) is 0 Å². The van der Waals surface area contributed by atoms with E-state index in [0.29, 0.717) is 6.04 Å². The van der Waals surface area contributed by atoms with E-state index in [1.54, 1.807) is 6.92 Å². The van der Waals surface area contributed by atoms with E-state index in [-0.39, 0.29) is 5.69 Å². The van der Waals surface area contributed by atoms with Gasteiger partial charge < -0.3 is 10.0 Å². The summed E-state index contributed by atoms with van der Waals surface area (Å²) < 4.78 is 0. The molecule has 0 radical (unpaired) electrons. The quantitative estimate of drug-likeness (QED) is 0.858. The van der Waals surface area contributed by atoms with Gasteiger partial charge in [-0.15, -0.1) is 11.3 Å². The highest BCUT2D eigenvalue weighted by atomic mass is 32.1. The smallest absolute Gasteiger partial charge is 0.355 e. The van der Waals surface area contributed by atoms with E-state index >= 15 is 0 Å². The van der Waals surface area contributed by atoms with Crippen molar-refractivity contribution in [1.82, 2.24) is 4.98 Å². The lowest BCUT2D eigenvalue weighted by Gasteiger charge is -2.34. The van der Waals surface area contributed by atoms with Crippen molar-refractivity contribution >= 4 is 22.4 Å². The number of aromatic carboxylic acids is 1. The number of carboxylic acids is 1. The molecule has 0 spiro atoms. The van der Waals surface area contributed by atoms with Gasteiger partial charge in [0.2, 0.25) is 0 Å². The number of carbonyl (C=O) groups is 1.